The fourth-order valence-electron chi connectivity index (χ4n) is 1.33. The van der Waals surface area contributed by atoms with E-state index < -0.39 is 16.3 Å². The molecule has 0 unspecified atom stereocenters. The van der Waals surface area contributed by atoms with Gasteiger partial charge >= 0.3 is 0 Å². The van der Waals surface area contributed by atoms with Gasteiger partial charge in [-0.15, -0.1) is 0 Å². The summed E-state index contributed by atoms with van der Waals surface area (Å²) in [4.78, 5) is 0.256. The minimum absolute atomic E-state index is 0.256. The largest absolute Gasteiger partial charge is 0.356 e. The van der Waals surface area contributed by atoms with E-state index in [-0.39, 0.29) is 11.4 Å². The van der Waals surface area contributed by atoms with E-state index >= 15 is 0 Å². The van der Waals surface area contributed by atoms with E-state index in [1.54, 1.807) is 30.3 Å². The average molecular weight is 259 g/mol. The zero-order chi connectivity index (χ0) is 12.7. The molecule has 0 radical (unpaired) electrons. The fraction of sp³-hybridized carbons (Fsp3) is 0.455. The molecule has 0 aliphatic carbocycles. The van der Waals surface area contributed by atoms with Crippen molar-refractivity contribution in [2.24, 2.45) is 0 Å². The summed E-state index contributed by atoms with van der Waals surface area (Å²) in [6.45, 7) is 0.267. The number of hydrogen-bond donors (Lipinski definition) is 1. The molecule has 0 heterocycles. The summed E-state index contributed by atoms with van der Waals surface area (Å²) in [6, 6.07) is 8.23. The van der Waals surface area contributed by atoms with Gasteiger partial charge in [-0.1, -0.05) is 18.2 Å². The molecule has 0 spiro atoms. The van der Waals surface area contributed by atoms with Gasteiger partial charge in [0.15, 0.2) is 6.29 Å². The Kier molecular flexibility index (Phi) is 5.57. The van der Waals surface area contributed by atoms with Crippen molar-refractivity contribution in [1.82, 2.24) is 4.72 Å². The van der Waals surface area contributed by atoms with Crippen LogP contribution in [0.4, 0.5) is 0 Å². The maximum atomic E-state index is 11.8. The van der Waals surface area contributed by atoms with Gasteiger partial charge in [-0.25, -0.2) is 13.1 Å². The summed E-state index contributed by atoms with van der Waals surface area (Å²) in [5.74, 6) is 0. The molecule has 0 amide bonds. The van der Waals surface area contributed by atoms with Crippen molar-refractivity contribution in [1.29, 1.82) is 0 Å². The lowest BCUT2D eigenvalue weighted by molar-refractivity contribution is -0.104. The molecule has 0 atom stereocenters. The van der Waals surface area contributed by atoms with Crippen molar-refractivity contribution in [2.75, 3.05) is 20.8 Å². The first-order valence-corrected chi connectivity index (χ1v) is 6.69. The quantitative estimate of drug-likeness (QED) is 0.741. The van der Waals surface area contributed by atoms with E-state index in [9.17, 15) is 8.42 Å². The van der Waals surface area contributed by atoms with Crippen molar-refractivity contribution in [3.8, 4) is 0 Å². The number of ether oxygens (including phenoxy) is 2. The number of rotatable bonds is 7. The Morgan fingerprint density at radius 3 is 2.29 bits per heavy atom. The number of benzene rings is 1. The lowest BCUT2D eigenvalue weighted by Gasteiger charge is -2.13. The van der Waals surface area contributed by atoms with Crippen LogP contribution in [0.25, 0.3) is 0 Å². The third kappa shape index (κ3) is 4.43. The van der Waals surface area contributed by atoms with Crippen LogP contribution in [0.3, 0.4) is 0 Å². The molecule has 0 aliphatic rings. The van der Waals surface area contributed by atoms with Crippen molar-refractivity contribution in [3.63, 3.8) is 0 Å². The van der Waals surface area contributed by atoms with E-state index in [0.29, 0.717) is 6.42 Å². The Morgan fingerprint density at radius 2 is 1.76 bits per heavy atom. The lowest BCUT2D eigenvalue weighted by atomic mass is 10.4. The van der Waals surface area contributed by atoms with Crippen molar-refractivity contribution < 1.29 is 17.9 Å². The maximum absolute atomic E-state index is 11.8. The first-order chi connectivity index (χ1) is 8.10. The fourth-order valence-corrected chi connectivity index (χ4v) is 2.39. The first kappa shape index (κ1) is 14.1. The number of nitrogens with one attached hydrogen (secondary N) is 1. The van der Waals surface area contributed by atoms with Crippen molar-refractivity contribution >= 4 is 10.0 Å². The summed E-state index contributed by atoms with van der Waals surface area (Å²) >= 11 is 0. The van der Waals surface area contributed by atoms with Crippen LogP contribution in [0, 0.1) is 0 Å². The van der Waals surface area contributed by atoms with Gasteiger partial charge < -0.3 is 9.47 Å². The molecule has 5 nitrogen and oxygen atoms in total. The Balaban J connectivity index is 2.52. The number of hydrogen-bond acceptors (Lipinski definition) is 4. The molecular formula is C11H17NO4S. The van der Waals surface area contributed by atoms with E-state index in [1.807, 2.05) is 0 Å². The molecule has 0 aromatic heterocycles. The molecule has 1 rings (SSSR count). The van der Waals surface area contributed by atoms with Crippen LogP contribution in [0.1, 0.15) is 6.42 Å². The van der Waals surface area contributed by atoms with E-state index in [1.165, 1.54) is 14.2 Å². The Bertz CT molecular complexity index is 414. The van der Waals surface area contributed by atoms with Gasteiger partial charge in [-0.3, -0.25) is 0 Å². The molecule has 0 saturated carbocycles. The molecule has 0 aliphatic heterocycles. The van der Waals surface area contributed by atoms with E-state index in [0.717, 1.165) is 0 Å². The summed E-state index contributed by atoms with van der Waals surface area (Å²) in [6.07, 6.45) is 0.0625. The zero-order valence-electron chi connectivity index (χ0n) is 9.92. The Hall–Kier alpha value is -0.950. The van der Waals surface area contributed by atoms with E-state index in [4.69, 9.17) is 9.47 Å². The second-order valence-corrected chi connectivity index (χ2v) is 5.17. The van der Waals surface area contributed by atoms with Crippen LogP contribution in [-0.4, -0.2) is 35.5 Å². The second-order valence-electron chi connectivity index (χ2n) is 3.40. The van der Waals surface area contributed by atoms with Crippen LogP contribution in [0.2, 0.25) is 0 Å². The molecular weight excluding hydrogens is 242 g/mol. The van der Waals surface area contributed by atoms with Gasteiger partial charge in [-0.05, 0) is 12.1 Å². The minimum atomic E-state index is -3.43. The third-order valence-electron chi connectivity index (χ3n) is 2.25. The zero-order valence-corrected chi connectivity index (χ0v) is 10.7. The predicted octanol–water partition coefficient (Wildman–Crippen LogP) is 0.974. The summed E-state index contributed by atoms with van der Waals surface area (Å²) < 4.78 is 36.0. The SMILES string of the molecule is COC(CCNS(=O)(=O)c1ccccc1)OC. The van der Waals surface area contributed by atoms with Gasteiger partial charge in [0.05, 0.1) is 4.90 Å². The molecule has 6 heteroatoms. The maximum Gasteiger partial charge on any atom is 0.240 e. The Morgan fingerprint density at radius 1 is 1.18 bits per heavy atom. The standard InChI is InChI=1S/C11H17NO4S/c1-15-11(16-2)8-9-12-17(13,14)10-6-4-3-5-7-10/h3-7,11-12H,8-9H2,1-2H3. The monoisotopic (exact) mass is 259 g/mol. The van der Waals surface area contributed by atoms with Crippen molar-refractivity contribution in [3.05, 3.63) is 30.3 Å². The highest BCUT2D eigenvalue weighted by Crippen LogP contribution is 2.07. The minimum Gasteiger partial charge on any atom is -0.356 e. The second kappa shape index (κ2) is 6.70. The van der Waals surface area contributed by atoms with Crippen molar-refractivity contribution in [2.45, 2.75) is 17.6 Å². The van der Waals surface area contributed by atoms with Gasteiger partial charge in [0.25, 0.3) is 0 Å². The van der Waals surface area contributed by atoms with Gasteiger partial charge in [0.1, 0.15) is 0 Å². The smallest absolute Gasteiger partial charge is 0.240 e. The molecule has 0 saturated heterocycles. The lowest BCUT2D eigenvalue weighted by Crippen LogP contribution is -2.28. The summed E-state index contributed by atoms with van der Waals surface area (Å²) in [7, 11) is -0.406. The molecule has 0 fully saturated rings. The topological polar surface area (TPSA) is 64.6 Å². The van der Waals surface area contributed by atoms with Gasteiger partial charge in [0.2, 0.25) is 10.0 Å². The van der Waals surface area contributed by atoms with Gasteiger partial charge in [0, 0.05) is 27.2 Å². The van der Waals surface area contributed by atoms with Crippen LogP contribution in [-0.2, 0) is 19.5 Å². The molecule has 17 heavy (non-hydrogen) atoms. The number of sulfonamides is 1. The highest BCUT2D eigenvalue weighted by Gasteiger charge is 2.13. The van der Waals surface area contributed by atoms with E-state index in [2.05, 4.69) is 4.72 Å². The molecule has 1 N–H and O–H groups in total. The summed E-state index contributed by atoms with van der Waals surface area (Å²) in [5.41, 5.74) is 0. The molecule has 0 bridgehead atoms. The van der Waals surface area contributed by atoms with Crippen LogP contribution in [0.15, 0.2) is 35.2 Å². The highest BCUT2D eigenvalue weighted by atomic mass is 32.2. The predicted molar refractivity (Wildman–Crippen MR) is 64.1 cm³/mol. The Labute approximate surface area is 102 Å². The van der Waals surface area contributed by atoms with Crippen LogP contribution < -0.4 is 4.72 Å². The first-order valence-electron chi connectivity index (χ1n) is 5.20. The molecule has 96 valence electrons. The normalized spacial score (nSPS) is 11.9. The summed E-state index contributed by atoms with van der Waals surface area (Å²) in [5, 5.41) is 0. The van der Waals surface area contributed by atoms with Gasteiger partial charge in [-0.2, -0.15) is 0 Å². The third-order valence-corrected chi connectivity index (χ3v) is 3.73. The van der Waals surface area contributed by atoms with Crippen LogP contribution in [0.5, 0.6) is 0 Å². The van der Waals surface area contributed by atoms with Crippen LogP contribution >= 0.6 is 0 Å². The molecule has 1 aromatic carbocycles. The average Bonchev–Trinajstić information content (AvgIpc) is 2.36. The highest BCUT2D eigenvalue weighted by molar-refractivity contribution is 7.89. The molecule has 1 aromatic rings. The number of methoxy groups -OCH3 is 2.